The number of rotatable bonds is 16. The lowest BCUT2D eigenvalue weighted by Crippen LogP contribution is -2.69. The van der Waals surface area contributed by atoms with Crippen LogP contribution in [0.15, 0.2) is 0 Å². The predicted molar refractivity (Wildman–Crippen MR) is 135 cm³/mol. The van der Waals surface area contributed by atoms with Crippen molar-refractivity contribution in [3.8, 4) is 0 Å². The molecule has 0 radical (unpaired) electrons. The van der Waals surface area contributed by atoms with Gasteiger partial charge in [-0.05, 0) is 39.0 Å². The third-order valence-corrected chi connectivity index (χ3v) is 5.77. The summed E-state index contributed by atoms with van der Waals surface area (Å²) in [6.45, 7) is 10.0. The fourth-order valence-electron chi connectivity index (χ4n) is 3.89. The van der Waals surface area contributed by atoms with Crippen molar-refractivity contribution in [3.63, 3.8) is 0 Å². The highest BCUT2D eigenvalue weighted by Gasteiger charge is 2.62. The Kier molecular flexibility index (Phi) is 14.9. The molecule has 0 aromatic carbocycles. The van der Waals surface area contributed by atoms with Gasteiger partial charge in [-0.25, -0.2) is 0 Å². The molecule has 0 aliphatic carbocycles. The molecule has 11 heteroatoms. The van der Waals surface area contributed by atoms with Gasteiger partial charge in [0.2, 0.25) is 11.9 Å². The van der Waals surface area contributed by atoms with E-state index in [2.05, 4.69) is 0 Å². The Morgan fingerprint density at radius 2 is 1.08 bits per heavy atom. The summed E-state index contributed by atoms with van der Waals surface area (Å²) in [6.07, 6.45) is -2.58. The van der Waals surface area contributed by atoms with Crippen LogP contribution in [-0.2, 0) is 52.4 Å². The molecule has 0 amide bonds. The lowest BCUT2D eigenvalue weighted by atomic mass is 9.87. The van der Waals surface area contributed by atoms with E-state index in [9.17, 15) is 24.0 Å². The van der Waals surface area contributed by atoms with Crippen molar-refractivity contribution in [2.45, 2.75) is 136 Å². The summed E-state index contributed by atoms with van der Waals surface area (Å²) < 4.78 is 34.2. The zero-order valence-corrected chi connectivity index (χ0v) is 23.6. The normalized spacial score (nSPS) is 24.7. The maximum absolute atomic E-state index is 12.7. The second-order valence-corrected chi connectivity index (χ2v) is 9.45. The minimum Gasteiger partial charge on any atom is -0.463 e. The molecule has 1 heterocycles. The molecule has 11 nitrogen and oxygen atoms in total. The van der Waals surface area contributed by atoms with E-state index in [1.807, 2.05) is 6.92 Å². The van der Waals surface area contributed by atoms with E-state index in [-0.39, 0.29) is 38.7 Å². The minimum absolute atomic E-state index is 0.0409. The molecule has 0 bridgehead atoms. The largest absolute Gasteiger partial charge is 0.463 e. The van der Waals surface area contributed by atoms with E-state index in [1.165, 1.54) is 6.92 Å². The highest BCUT2D eigenvalue weighted by atomic mass is 16.8. The summed E-state index contributed by atoms with van der Waals surface area (Å²) in [5.74, 6) is -3.01. The van der Waals surface area contributed by atoms with Gasteiger partial charge >= 0.3 is 29.8 Å². The van der Waals surface area contributed by atoms with Crippen LogP contribution < -0.4 is 0 Å². The summed E-state index contributed by atoms with van der Waals surface area (Å²) in [7, 11) is 0. The third-order valence-electron chi connectivity index (χ3n) is 5.77. The van der Waals surface area contributed by atoms with Crippen LogP contribution in [0, 0.1) is 0 Å². The van der Waals surface area contributed by atoms with Gasteiger partial charge in [0.25, 0.3) is 0 Å². The third kappa shape index (κ3) is 10.2. The molecular weight excluding hydrogens is 500 g/mol. The molecule has 1 rings (SSSR count). The standard InChI is InChI=1S/C27H44O11/c1-7-12-19(28)33-17-18-24(35-20(29)13-8-2)25(36-21(30)14-9-3)27(6,38-23(32)16-11-5)26(34-18)37-22(31)15-10-4/h18,24-26H,7-17H2,1-6H3/t18-,24-,25+,26?,27?/m1/s1. The van der Waals surface area contributed by atoms with Gasteiger partial charge < -0.3 is 28.4 Å². The molecule has 1 aliphatic heterocycles. The first kappa shape index (κ1) is 33.3. The SMILES string of the molecule is CCCC(=O)OC[C@H]1OC(OC(=O)CCC)C(C)(OC(=O)CCC)[C@@H](OC(=O)CCC)[C@@H]1OC(=O)CCC. The van der Waals surface area contributed by atoms with Gasteiger partial charge in [-0.3, -0.25) is 24.0 Å². The first-order valence-electron chi connectivity index (χ1n) is 13.7. The van der Waals surface area contributed by atoms with Crippen molar-refractivity contribution in [2.24, 2.45) is 0 Å². The number of carbonyl (C=O) groups excluding carboxylic acids is 5. The van der Waals surface area contributed by atoms with E-state index in [4.69, 9.17) is 28.4 Å². The molecule has 2 unspecified atom stereocenters. The van der Waals surface area contributed by atoms with Crippen molar-refractivity contribution in [3.05, 3.63) is 0 Å². The number of hydrogen-bond donors (Lipinski definition) is 0. The Morgan fingerprint density at radius 1 is 0.632 bits per heavy atom. The predicted octanol–water partition coefficient (Wildman–Crippen LogP) is 3.92. The summed E-state index contributed by atoms with van der Waals surface area (Å²) >= 11 is 0. The van der Waals surface area contributed by atoms with Crippen LogP contribution in [0.4, 0.5) is 0 Å². The van der Waals surface area contributed by atoms with Gasteiger partial charge in [-0.15, -0.1) is 0 Å². The first-order valence-corrected chi connectivity index (χ1v) is 13.7. The van der Waals surface area contributed by atoms with E-state index < -0.39 is 60.0 Å². The van der Waals surface area contributed by atoms with Gasteiger partial charge in [0.05, 0.1) is 0 Å². The molecule has 1 saturated heterocycles. The molecule has 5 atom stereocenters. The van der Waals surface area contributed by atoms with E-state index in [0.29, 0.717) is 32.1 Å². The van der Waals surface area contributed by atoms with Crippen molar-refractivity contribution in [1.82, 2.24) is 0 Å². The molecule has 0 aromatic heterocycles. The highest BCUT2D eigenvalue weighted by Crippen LogP contribution is 2.38. The lowest BCUT2D eigenvalue weighted by Gasteiger charge is -2.49. The van der Waals surface area contributed by atoms with Crippen LogP contribution in [0.25, 0.3) is 0 Å². The molecule has 1 aliphatic rings. The average Bonchev–Trinajstić information content (AvgIpc) is 2.83. The van der Waals surface area contributed by atoms with Crippen LogP contribution in [0.2, 0.25) is 0 Å². The van der Waals surface area contributed by atoms with Gasteiger partial charge in [0.15, 0.2) is 12.2 Å². The second-order valence-electron chi connectivity index (χ2n) is 9.45. The topological polar surface area (TPSA) is 141 Å². The average molecular weight is 545 g/mol. The maximum Gasteiger partial charge on any atom is 0.308 e. The van der Waals surface area contributed by atoms with Gasteiger partial charge in [0.1, 0.15) is 12.7 Å². The molecule has 0 aromatic rings. The molecule has 218 valence electrons. The number of ether oxygens (including phenoxy) is 6. The Labute approximate surface area is 225 Å². The van der Waals surface area contributed by atoms with E-state index in [1.54, 1.807) is 27.7 Å². The van der Waals surface area contributed by atoms with Crippen LogP contribution >= 0.6 is 0 Å². The Bertz CT molecular complexity index is 796. The lowest BCUT2D eigenvalue weighted by molar-refractivity contribution is -0.333. The quantitative estimate of drug-likeness (QED) is 0.206. The van der Waals surface area contributed by atoms with E-state index >= 15 is 0 Å². The minimum atomic E-state index is -1.86. The molecule has 1 fully saturated rings. The first-order chi connectivity index (χ1) is 18.1. The van der Waals surface area contributed by atoms with Crippen molar-refractivity contribution in [1.29, 1.82) is 0 Å². The van der Waals surface area contributed by atoms with Crippen molar-refractivity contribution in [2.75, 3.05) is 6.61 Å². The van der Waals surface area contributed by atoms with Crippen LogP contribution in [-0.4, -0.2) is 66.7 Å². The van der Waals surface area contributed by atoms with Crippen LogP contribution in [0.3, 0.4) is 0 Å². The van der Waals surface area contributed by atoms with E-state index in [0.717, 1.165) is 0 Å². The zero-order valence-electron chi connectivity index (χ0n) is 23.6. The van der Waals surface area contributed by atoms with Gasteiger partial charge in [0, 0.05) is 32.1 Å². The molecule has 0 saturated carbocycles. The summed E-state index contributed by atoms with van der Waals surface area (Å²) in [5.41, 5.74) is -1.86. The van der Waals surface area contributed by atoms with Crippen LogP contribution in [0.5, 0.6) is 0 Å². The smallest absolute Gasteiger partial charge is 0.308 e. The summed E-state index contributed by atoms with van der Waals surface area (Å²) in [4.78, 5) is 62.7. The molecular formula is C27H44O11. The molecule has 0 N–H and O–H groups in total. The Hall–Kier alpha value is -2.69. The number of esters is 5. The maximum atomic E-state index is 12.7. The summed E-state index contributed by atoms with van der Waals surface area (Å²) in [5, 5.41) is 0. The monoisotopic (exact) mass is 544 g/mol. The fourth-order valence-corrected chi connectivity index (χ4v) is 3.89. The van der Waals surface area contributed by atoms with Gasteiger partial charge in [-0.2, -0.15) is 0 Å². The highest BCUT2D eigenvalue weighted by molar-refractivity contribution is 5.73. The van der Waals surface area contributed by atoms with Crippen LogP contribution in [0.1, 0.15) is 106 Å². The fraction of sp³-hybridized carbons (Fsp3) is 0.815. The van der Waals surface area contributed by atoms with Crippen molar-refractivity contribution >= 4 is 29.8 Å². The second kappa shape index (κ2) is 17.0. The number of hydrogen-bond acceptors (Lipinski definition) is 11. The number of carbonyl (C=O) groups is 5. The van der Waals surface area contributed by atoms with Crippen molar-refractivity contribution < 1.29 is 52.4 Å². The summed E-state index contributed by atoms with van der Waals surface area (Å²) in [6, 6.07) is 0. The Balaban J connectivity index is 3.59. The Morgan fingerprint density at radius 3 is 1.61 bits per heavy atom. The molecule has 38 heavy (non-hydrogen) atoms. The zero-order chi connectivity index (χ0) is 28.7. The van der Waals surface area contributed by atoms with Gasteiger partial charge in [-0.1, -0.05) is 34.6 Å². The molecule has 0 spiro atoms.